The highest BCUT2D eigenvalue weighted by Crippen LogP contribution is 2.28. The summed E-state index contributed by atoms with van der Waals surface area (Å²) in [6.45, 7) is 13.7. The molecule has 0 heterocycles. The lowest BCUT2D eigenvalue weighted by molar-refractivity contribution is 0.0484. The first-order valence-corrected chi connectivity index (χ1v) is 7.44. The molecule has 0 aromatic heterocycles. The van der Waals surface area contributed by atoms with Crippen LogP contribution in [0.4, 0.5) is 0 Å². The Labute approximate surface area is 108 Å². The van der Waals surface area contributed by atoms with E-state index in [9.17, 15) is 5.11 Å². The molecule has 17 heavy (non-hydrogen) atoms. The van der Waals surface area contributed by atoms with Gasteiger partial charge >= 0.3 is 0 Å². The van der Waals surface area contributed by atoms with Crippen LogP contribution in [0.5, 0.6) is 0 Å². The molecular weight excluding hydrogens is 210 g/mol. The third-order valence-electron chi connectivity index (χ3n) is 4.39. The monoisotopic (exact) mass is 243 g/mol. The van der Waals surface area contributed by atoms with Crippen LogP contribution in [0.3, 0.4) is 0 Å². The van der Waals surface area contributed by atoms with E-state index in [4.69, 9.17) is 0 Å². The molecule has 1 N–H and O–H groups in total. The van der Waals surface area contributed by atoms with Crippen LogP contribution in [0.1, 0.15) is 66.7 Å². The van der Waals surface area contributed by atoms with Gasteiger partial charge in [0.15, 0.2) is 0 Å². The Morgan fingerprint density at radius 3 is 2.06 bits per heavy atom. The molecule has 1 unspecified atom stereocenters. The van der Waals surface area contributed by atoms with Crippen LogP contribution in [-0.2, 0) is 0 Å². The van der Waals surface area contributed by atoms with Gasteiger partial charge < -0.3 is 10.0 Å². The van der Waals surface area contributed by atoms with E-state index in [1.54, 1.807) is 0 Å². The van der Waals surface area contributed by atoms with Crippen LogP contribution in [-0.4, -0.2) is 35.7 Å². The van der Waals surface area contributed by atoms with Gasteiger partial charge in [0.05, 0.1) is 0 Å². The van der Waals surface area contributed by atoms with Crippen molar-refractivity contribution in [3.8, 4) is 0 Å². The van der Waals surface area contributed by atoms with Gasteiger partial charge in [0, 0.05) is 24.6 Å². The average molecular weight is 243 g/mol. The lowest BCUT2D eigenvalue weighted by Crippen LogP contribution is -2.44. The van der Waals surface area contributed by atoms with E-state index >= 15 is 0 Å². The molecule has 1 atom stereocenters. The Balaban J connectivity index is 4.57. The van der Waals surface area contributed by atoms with Crippen molar-refractivity contribution in [2.75, 3.05) is 19.7 Å². The summed E-state index contributed by atoms with van der Waals surface area (Å²) >= 11 is 0. The van der Waals surface area contributed by atoms with Gasteiger partial charge in [-0.05, 0) is 39.2 Å². The molecule has 0 spiro atoms. The molecule has 2 nitrogen and oxygen atoms in total. The van der Waals surface area contributed by atoms with Crippen LogP contribution in [0.2, 0.25) is 0 Å². The molecule has 0 aliphatic rings. The molecular formula is C15H33NO. The summed E-state index contributed by atoms with van der Waals surface area (Å²) in [5.41, 5.74) is 0.108. The quantitative estimate of drug-likeness (QED) is 0.632. The topological polar surface area (TPSA) is 23.5 Å². The standard InChI is InChI=1S/C15H33NO/c1-6-10-11-16(14(5)7-2)12-15(8-3,9-4)13-17/h14,17H,6-13H2,1-5H3. The Morgan fingerprint density at radius 1 is 1.12 bits per heavy atom. The molecule has 0 aliphatic carbocycles. The molecule has 0 bridgehead atoms. The zero-order valence-electron chi connectivity index (χ0n) is 12.6. The Bertz CT molecular complexity index is 169. The maximum absolute atomic E-state index is 9.68. The zero-order chi connectivity index (χ0) is 13.3. The summed E-state index contributed by atoms with van der Waals surface area (Å²) in [5, 5.41) is 9.68. The highest BCUT2D eigenvalue weighted by atomic mass is 16.3. The molecule has 0 radical (unpaired) electrons. The Hall–Kier alpha value is -0.0800. The molecule has 0 aliphatic heterocycles. The largest absolute Gasteiger partial charge is 0.396 e. The zero-order valence-corrected chi connectivity index (χ0v) is 12.6. The van der Waals surface area contributed by atoms with E-state index in [-0.39, 0.29) is 5.41 Å². The van der Waals surface area contributed by atoms with Gasteiger partial charge in [-0.1, -0.05) is 34.1 Å². The minimum absolute atomic E-state index is 0.108. The fourth-order valence-electron chi connectivity index (χ4n) is 2.25. The van der Waals surface area contributed by atoms with E-state index in [2.05, 4.69) is 39.5 Å². The average Bonchev–Trinajstić information content (AvgIpc) is 2.39. The third kappa shape index (κ3) is 5.39. The molecule has 0 saturated heterocycles. The highest BCUT2D eigenvalue weighted by Gasteiger charge is 2.29. The van der Waals surface area contributed by atoms with Gasteiger partial charge in [0.2, 0.25) is 0 Å². The van der Waals surface area contributed by atoms with Crippen molar-refractivity contribution in [2.45, 2.75) is 72.8 Å². The number of nitrogens with zero attached hydrogens (tertiary/aromatic N) is 1. The number of rotatable bonds is 10. The van der Waals surface area contributed by atoms with Crippen LogP contribution >= 0.6 is 0 Å². The van der Waals surface area contributed by atoms with Crippen LogP contribution in [0.15, 0.2) is 0 Å². The van der Waals surface area contributed by atoms with E-state index in [0.717, 1.165) is 19.4 Å². The number of hydrogen-bond donors (Lipinski definition) is 1. The second kappa shape index (κ2) is 8.93. The predicted octanol–water partition coefficient (Wildman–Crippen LogP) is 3.69. The van der Waals surface area contributed by atoms with Crippen LogP contribution in [0.25, 0.3) is 0 Å². The van der Waals surface area contributed by atoms with Crippen molar-refractivity contribution >= 4 is 0 Å². The van der Waals surface area contributed by atoms with E-state index in [1.165, 1.54) is 25.8 Å². The minimum Gasteiger partial charge on any atom is -0.396 e. The Kier molecular flexibility index (Phi) is 8.89. The molecule has 0 aromatic carbocycles. The lowest BCUT2D eigenvalue weighted by Gasteiger charge is -2.38. The summed E-state index contributed by atoms with van der Waals surface area (Å²) in [5.74, 6) is 0. The van der Waals surface area contributed by atoms with Crippen LogP contribution < -0.4 is 0 Å². The molecule has 0 saturated carbocycles. The van der Waals surface area contributed by atoms with E-state index in [1.807, 2.05) is 0 Å². The van der Waals surface area contributed by atoms with Crippen molar-refractivity contribution in [2.24, 2.45) is 5.41 Å². The predicted molar refractivity (Wildman–Crippen MR) is 76.3 cm³/mol. The summed E-state index contributed by atoms with van der Waals surface area (Å²) < 4.78 is 0. The van der Waals surface area contributed by atoms with Gasteiger partial charge in [0.1, 0.15) is 0 Å². The number of aliphatic hydroxyl groups excluding tert-OH is 1. The fraction of sp³-hybridized carbons (Fsp3) is 1.00. The molecule has 0 rings (SSSR count). The fourth-order valence-corrected chi connectivity index (χ4v) is 2.25. The van der Waals surface area contributed by atoms with Gasteiger partial charge in [-0.25, -0.2) is 0 Å². The van der Waals surface area contributed by atoms with Crippen molar-refractivity contribution in [3.63, 3.8) is 0 Å². The van der Waals surface area contributed by atoms with Gasteiger partial charge in [-0.3, -0.25) is 0 Å². The first kappa shape index (κ1) is 16.9. The lowest BCUT2D eigenvalue weighted by atomic mass is 9.82. The van der Waals surface area contributed by atoms with Crippen molar-refractivity contribution in [3.05, 3.63) is 0 Å². The minimum atomic E-state index is 0.108. The van der Waals surface area contributed by atoms with Gasteiger partial charge in [-0.15, -0.1) is 0 Å². The van der Waals surface area contributed by atoms with Crippen molar-refractivity contribution in [1.29, 1.82) is 0 Å². The van der Waals surface area contributed by atoms with Crippen LogP contribution in [0, 0.1) is 5.41 Å². The maximum atomic E-state index is 9.68. The molecule has 0 aromatic rings. The van der Waals surface area contributed by atoms with Crippen molar-refractivity contribution < 1.29 is 5.11 Å². The summed E-state index contributed by atoms with van der Waals surface area (Å²) in [6.07, 6.45) is 5.84. The number of aliphatic hydroxyl groups is 1. The molecule has 0 amide bonds. The summed E-state index contributed by atoms with van der Waals surface area (Å²) in [7, 11) is 0. The highest BCUT2D eigenvalue weighted by molar-refractivity contribution is 4.82. The second-order valence-corrected chi connectivity index (χ2v) is 5.45. The summed E-state index contributed by atoms with van der Waals surface area (Å²) in [4.78, 5) is 2.58. The first-order chi connectivity index (χ1) is 8.09. The van der Waals surface area contributed by atoms with E-state index in [0.29, 0.717) is 12.6 Å². The molecule has 2 heteroatoms. The SMILES string of the molecule is CCCCN(CC(CC)(CC)CO)C(C)CC. The third-order valence-corrected chi connectivity index (χ3v) is 4.39. The number of hydrogen-bond acceptors (Lipinski definition) is 2. The number of unbranched alkanes of at least 4 members (excludes halogenated alkanes) is 1. The summed E-state index contributed by atoms with van der Waals surface area (Å²) in [6, 6.07) is 0.630. The normalized spacial score (nSPS) is 14.3. The second-order valence-electron chi connectivity index (χ2n) is 5.45. The molecule has 104 valence electrons. The van der Waals surface area contributed by atoms with E-state index < -0.39 is 0 Å². The van der Waals surface area contributed by atoms with Gasteiger partial charge in [0.25, 0.3) is 0 Å². The molecule has 0 fully saturated rings. The first-order valence-electron chi connectivity index (χ1n) is 7.44. The van der Waals surface area contributed by atoms with Crippen molar-refractivity contribution in [1.82, 2.24) is 4.90 Å². The maximum Gasteiger partial charge on any atom is 0.0499 e. The van der Waals surface area contributed by atoms with Gasteiger partial charge in [-0.2, -0.15) is 0 Å². The Morgan fingerprint density at radius 2 is 1.71 bits per heavy atom. The smallest absolute Gasteiger partial charge is 0.0499 e.